The standard InChI is InChI=1S/C23H26Cl2N2O2/c1-22(2,29-18-10-8-16(9-11-18)19-14-23(19,24)25)21(28)27-13-4-3-7-20(27)17-6-5-12-26-15-17/h5-6,8-12,15,19-20H,3-4,7,13-14H2,1-2H3. The molecule has 2 unspecified atom stereocenters. The molecule has 154 valence electrons. The van der Waals surface area contributed by atoms with E-state index < -0.39 is 9.93 Å². The average molecular weight is 433 g/mol. The molecule has 0 N–H and O–H groups in total. The van der Waals surface area contributed by atoms with Gasteiger partial charge >= 0.3 is 0 Å². The van der Waals surface area contributed by atoms with E-state index >= 15 is 0 Å². The van der Waals surface area contributed by atoms with Gasteiger partial charge in [0.15, 0.2) is 5.60 Å². The van der Waals surface area contributed by atoms with Gasteiger partial charge in [0, 0.05) is 24.9 Å². The van der Waals surface area contributed by atoms with Crippen LogP contribution < -0.4 is 4.74 Å². The second-order valence-corrected chi connectivity index (χ2v) is 10.0. The lowest BCUT2D eigenvalue weighted by atomic mass is 9.94. The lowest BCUT2D eigenvalue weighted by Gasteiger charge is -2.40. The Hall–Kier alpha value is -1.78. The van der Waals surface area contributed by atoms with E-state index in [0.717, 1.165) is 43.4 Å². The number of nitrogens with zero attached hydrogens (tertiary/aromatic N) is 2. The molecular formula is C23H26Cl2N2O2. The summed E-state index contributed by atoms with van der Waals surface area (Å²) in [6, 6.07) is 11.8. The molecule has 4 rings (SSSR count). The molecule has 1 aromatic carbocycles. The van der Waals surface area contributed by atoms with Crippen LogP contribution in [0.1, 0.15) is 62.6 Å². The average Bonchev–Trinajstić information content (AvgIpc) is 3.36. The monoisotopic (exact) mass is 432 g/mol. The molecule has 0 spiro atoms. The van der Waals surface area contributed by atoms with Gasteiger partial charge in [-0.05, 0) is 68.9 Å². The van der Waals surface area contributed by atoms with Crippen LogP contribution in [0.25, 0.3) is 0 Å². The lowest BCUT2D eigenvalue weighted by molar-refractivity contribution is -0.149. The van der Waals surface area contributed by atoms with Crippen molar-refractivity contribution in [3.63, 3.8) is 0 Å². The first-order chi connectivity index (χ1) is 13.8. The summed E-state index contributed by atoms with van der Waals surface area (Å²) in [7, 11) is 0. The summed E-state index contributed by atoms with van der Waals surface area (Å²) < 4.78 is 5.49. The van der Waals surface area contributed by atoms with Gasteiger partial charge in [0.1, 0.15) is 10.1 Å². The van der Waals surface area contributed by atoms with E-state index in [1.165, 1.54) is 0 Å². The van der Waals surface area contributed by atoms with Crippen LogP contribution in [0.3, 0.4) is 0 Å². The molecule has 2 fully saturated rings. The van der Waals surface area contributed by atoms with Crippen LogP contribution >= 0.6 is 23.2 Å². The molecule has 1 aliphatic carbocycles. The van der Waals surface area contributed by atoms with Gasteiger partial charge in [-0.1, -0.05) is 18.2 Å². The van der Waals surface area contributed by atoms with Crippen LogP contribution in [0.4, 0.5) is 0 Å². The van der Waals surface area contributed by atoms with Crippen molar-refractivity contribution < 1.29 is 9.53 Å². The summed E-state index contributed by atoms with van der Waals surface area (Å²) in [6.07, 6.45) is 7.44. The maximum Gasteiger partial charge on any atom is 0.266 e. The number of carbonyl (C=O) groups is 1. The smallest absolute Gasteiger partial charge is 0.266 e. The van der Waals surface area contributed by atoms with E-state index in [0.29, 0.717) is 5.75 Å². The van der Waals surface area contributed by atoms with Gasteiger partial charge in [0.25, 0.3) is 5.91 Å². The number of ether oxygens (including phenoxy) is 1. The van der Waals surface area contributed by atoms with Gasteiger partial charge in [0.05, 0.1) is 6.04 Å². The van der Waals surface area contributed by atoms with E-state index in [1.54, 1.807) is 6.20 Å². The fourth-order valence-electron chi connectivity index (χ4n) is 4.12. The lowest BCUT2D eigenvalue weighted by Crippen LogP contribution is -2.51. The highest BCUT2D eigenvalue weighted by Gasteiger charge is 2.52. The highest BCUT2D eigenvalue weighted by atomic mass is 35.5. The number of benzene rings is 1. The Bertz CT molecular complexity index is 868. The minimum atomic E-state index is -0.971. The van der Waals surface area contributed by atoms with E-state index in [2.05, 4.69) is 4.98 Å². The van der Waals surface area contributed by atoms with Gasteiger partial charge in [-0.15, -0.1) is 23.2 Å². The largest absolute Gasteiger partial charge is 0.478 e. The first-order valence-corrected chi connectivity index (χ1v) is 10.9. The normalized spacial score (nSPS) is 23.5. The van der Waals surface area contributed by atoms with Crippen molar-refractivity contribution in [1.82, 2.24) is 9.88 Å². The molecule has 0 radical (unpaired) electrons. The van der Waals surface area contributed by atoms with E-state index in [9.17, 15) is 4.79 Å². The second kappa shape index (κ2) is 7.81. The number of alkyl halides is 2. The number of halogens is 2. The topological polar surface area (TPSA) is 42.4 Å². The Morgan fingerprint density at radius 1 is 1.17 bits per heavy atom. The molecule has 2 aromatic rings. The van der Waals surface area contributed by atoms with Crippen molar-refractivity contribution in [3.8, 4) is 5.75 Å². The maximum absolute atomic E-state index is 13.4. The minimum absolute atomic E-state index is 0.00199. The summed E-state index contributed by atoms with van der Waals surface area (Å²) in [6.45, 7) is 4.41. The van der Waals surface area contributed by atoms with Crippen LogP contribution in [-0.4, -0.2) is 32.3 Å². The fraction of sp³-hybridized carbons (Fsp3) is 0.478. The number of hydrogen-bond donors (Lipinski definition) is 0. The predicted octanol–water partition coefficient (Wildman–Crippen LogP) is 5.65. The molecule has 4 nitrogen and oxygen atoms in total. The van der Waals surface area contributed by atoms with Crippen molar-refractivity contribution in [2.24, 2.45) is 0 Å². The number of aromatic nitrogens is 1. The van der Waals surface area contributed by atoms with Crippen LogP contribution in [0.2, 0.25) is 0 Å². The van der Waals surface area contributed by atoms with Gasteiger partial charge in [0.2, 0.25) is 0 Å². The number of carbonyl (C=O) groups excluding carboxylic acids is 1. The molecule has 1 aliphatic heterocycles. The predicted molar refractivity (Wildman–Crippen MR) is 115 cm³/mol. The first-order valence-electron chi connectivity index (χ1n) is 10.2. The number of pyridine rings is 1. The number of piperidine rings is 1. The fourth-order valence-corrected chi connectivity index (χ4v) is 4.68. The summed E-state index contributed by atoms with van der Waals surface area (Å²) in [5.41, 5.74) is 1.21. The molecule has 1 saturated carbocycles. The van der Waals surface area contributed by atoms with Crippen molar-refractivity contribution in [2.45, 2.75) is 61.4 Å². The Morgan fingerprint density at radius 3 is 2.52 bits per heavy atom. The van der Waals surface area contributed by atoms with Crippen molar-refractivity contribution in [1.29, 1.82) is 0 Å². The van der Waals surface area contributed by atoms with Gasteiger partial charge < -0.3 is 9.64 Å². The Kier molecular flexibility index (Phi) is 5.52. The zero-order chi connectivity index (χ0) is 20.6. The molecular weight excluding hydrogens is 407 g/mol. The first kappa shape index (κ1) is 20.5. The summed E-state index contributed by atoms with van der Waals surface area (Å²) in [5.74, 6) is 0.832. The van der Waals surface area contributed by atoms with Gasteiger partial charge in [-0.2, -0.15) is 0 Å². The zero-order valence-corrected chi connectivity index (χ0v) is 18.3. The molecule has 6 heteroatoms. The Labute approximate surface area is 182 Å². The number of hydrogen-bond acceptors (Lipinski definition) is 3. The molecule has 2 atom stereocenters. The molecule has 2 heterocycles. The van der Waals surface area contributed by atoms with Gasteiger partial charge in [-0.3, -0.25) is 9.78 Å². The van der Waals surface area contributed by atoms with Crippen molar-refractivity contribution in [2.75, 3.05) is 6.54 Å². The van der Waals surface area contributed by atoms with Crippen LogP contribution in [-0.2, 0) is 4.79 Å². The SMILES string of the molecule is CC(C)(Oc1ccc(C2CC2(Cl)Cl)cc1)C(=O)N1CCCCC1c1cccnc1. The third-order valence-electron chi connectivity index (χ3n) is 5.83. The molecule has 2 aliphatic rings. The summed E-state index contributed by atoms with van der Waals surface area (Å²) in [5, 5.41) is 0. The van der Waals surface area contributed by atoms with Crippen LogP contribution in [0.15, 0.2) is 48.8 Å². The highest BCUT2D eigenvalue weighted by molar-refractivity contribution is 6.51. The third-order valence-corrected chi connectivity index (χ3v) is 6.66. The van der Waals surface area contributed by atoms with Crippen LogP contribution in [0, 0.1) is 0 Å². The summed E-state index contributed by atoms with van der Waals surface area (Å²) >= 11 is 12.3. The Balaban J connectivity index is 1.48. The summed E-state index contributed by atoms with van der Waals surface area (Å²) in [4.78, 5) is 19.6. The number of rotatable bonds is 5. The number of likely N-dealkylation sites (tertiary alicyclic amines) is 1. The minimum Gasteiger partial charge on any atom is -0.478 e. The molecule has 29 heavy (non-hydrogen) atoms. The van der Waals surface area contributed by atoms with Crippen LogP contribution in [0.5, 0.6) is 5.75 Å². The second-order valence-electron chi connectivity index (χ2n) is 8.50. The van der Waals surface area contributed by atoms with Crippen molar-refractivity contribution in [3.05, 3.63) is 59.9 Å². The van der Waals surface area contributed by atoms with Crippen molar-refractivity contribution >= 4 is 29.1 Å². The quantitative estimate of drug-likeness (QED) is 0.572. The van der Waals surface area contributed by atoms with Gasteiger partial charge in [-0.25, -0.2) is 0 Å². The Morgan fingerprint density at radius 2 is 1.90 bits per heavy atom. The molecule has 1 aromatic heterocycles. The van der Waals surface area contributed by atoms with E-state index in [-0.39, 0.29) is 17.9 Å². The third kappa shape index (κ3) is 4.39. The van der Waals surface area contributed by atoms with E-state index in [4.69, 9.17) is 27.9 Å². The molecule has 1 saturated heterocycles. The highest BCUT2D eigenvalue weighted by Crippen LogP contribution is 2.59. The van der Waals surface area contributed by atoms with E-state index in [1.807, 2.05) is 61.3 Å². The maximum atomic E-state index is 13.4. The molecule has 0 bridgehead atoms. The zero-order valence-electron chi connectivity index (χ0n) is 16.8. The molecule has 1 amide bonds. The number of amides is 1.